The summed E-state index contributed by atoms with van der Waals surface area (Å²) in [5, 5.41) is 10.7. The van der Waals surface area contributed by atoms with Crippen LogP contribution in [0.15, 0.2) is 24.5 Å². The molecule has 1 atom stereocenters. The lowest BCUT2D eigenvalue weighted by molar-refractivity contribution is -0.117. The van der Waals surface area contributed by atoms with Crippen molar-refractivity contribution in [3.8, 4) is 5.95 Å². The van der Waals surface area contributed by atoms with Gasteiger partial charge in [-0.1, -0.05) is 13.8 Å². The summed E-state index contributed by atoms with van der Waals surface area (Å²) in [4.78, 5) is 20.8. The first kappa shape index (κ1) is 16.5. The number of carbonyl (C=O) groups excluding carboxylic acids is 1. The van der Waals surface area contributed by atoms with Crippen molar-refractivity contribution in [1.29, 1.82) is 0 Å². The van der Waals surface area contributed by atoms with Crippen LogP contribution >= 0.6 is 0 Å². The Bertz CT molecular complexity index is 679. The second-order valence-electron chi connectivity index (χ2n) is 6.05. The predicted octanol–water partition coefficient (Wildman–Crippen LogP) is 1.10. The largest absolute Gasteiger partial charge is 0.378 e. The summed E-state index contributed by atoms with van der Waals surface area (Å²) in [7, 11) is 0. The minimum atomic E-state index is -0.0922. The van der Waals surface area contributed by atoms with Gasteiger partial charge in [-0.2, -0.15) is 9.78 Å². The van der Waals surface area contributed by atoms with Crippen molar-refractivity contribution >= 4 is 11.7 Å². The molecule has 0 aliphatic carbocycles. The average molecular weight is 330 g/mol. The van der Waals surface area contributed by atoms with Crippen LogP contribution < -0.4 is 10.6 Å². The van der Waals surface area contributed by atoms with E-state index in [-0.39, 0.29) is 17.9 Å². The third-order valence-electron chi connectivity index (χ3n) is 3.76. The molecule has 2 aromatic rings. The maximum atomic E-state index is 12.4. The van der Waals surface area contributed by atoms with Gasteiger partial charge in [0.1, 0.15) is 5.82 Å². The SMILES string of the molecule is CC(C)c1cc(NC(=O)CC2COCCN2)n(-c2ncccn2)n1. The molecule has 0 aromatic carbocycles. The van der Waals surface area contributed by atoms with Crippen molar-refractivity contribution in [3.05, 3.63) is 30.2 Å². The molecular formula is C16H22N6O2. The highest BCUT2D eigenvalue weighted by molar-refractivity contribution is 5.90. The van der Waals surface area contributed by atoms with Gasteiger partial charge in [0.25, 0.3) is 5.95 Å². The van der Waals surface area contributed by atoms with Crippen LogP contribution in [0.5, 0.6) is 0 Å². The van der Waals surface area contributed by atoms with Gasteiger partial charge in [-0.15, -0.1) is 0 Å². The second kappa shape index (κ2) is 7.50. The monoisotopic (exact) mass is 330 g/mol. The molecule has 128 valence electrons. The fourth-order valence-electron chi connectivity index (χ4n) is 2.49. The fraction of sp³-hybridized carbons (Fsp3) is 0.500. The first-order valence-corrected chi connectivity index (χ1v) is 8.12. The van der Waals surface area contributed by atoms with Gasteiger partial charge in [0.2, 0.25) is 5.91 Å². The number of amides is 1. The summed E-state index contributed by atoms with van der Waals surface area (Å²) in [6.07, 6.45) is 3.64. The van der Waals surface area contributed by atoms with Crippen LogP contribution in [0.25, 0.3) is 5.95 Å². The van der Waals surface area contributed by atoms with E-state index in [1.165, 1.54) is 0 Å². The van der Waals surface area contributed by atoms with Gasteiger partial charge in [-0.25, -0.2) is 9.97 Å². The third-order valence-corrected chi connectivity index (χ3v) is 3.76. The molecule has 8 heteroatoms. The van der Waals surface area contributed by atoms with Crippen LogP contribution in [0.4, 0.5) is 5.82 Å². The molecule has 1 amide bonds. The molecule has 1 unspecified atom stereocenters. The van der Waals surface area contributed by atoms with E-state index >= 15 is 0 Å². The Morgan fingerprint density at radius 3 is 2.92 bits per heavy atom. The lowest BCUT2D eigenvalue weighted by Gasteiger charge is -2.23. The van der Waals surface area contributed by atoms with E-state index in [1.54, 1.807) is 23.1 Å². The molecule has 1 aliphatic heterocycles. The van der Waals surface area contributed by atoms with Crippen LogP contribution in [0, 0.1) is 0 Å². The third kappa shape index (κ3) is 3.95. The Kier molecular flexibility index (Phi) is 5.17. The number of ether oxygens (including phenoxy) is 1. The van der Waals surface area contributed by atoms with E-state index in [1.807, 2.05) is 19.9 Å². The van der Waals surface area contributed by atoms with E-state index in [0.717, 1.165) is 12.2 Å². The molecule has 2 N–H and O–H groups in total. The Morgan fingerprint density at radius 1 is 1.46 bits per heavy atom. The van der Waals surface area contributed by atoms with Crippen molar-refractivity contribution in [2.45, 2.75) is 32.2 Å². The molecule has 0 radical (unpaired) electrons. The van der Waals surface area contributed by atoms with Crippen LogP contribution in [0.3, 0.4) is 0 Å². The summed E-state index contributed by atoms with van der Waals surface area (Å²) in [6.45, 7) is 6.10. The van der Waals surface area contributed by atoms with Gasteiger partial charge >= 0.3 is 0 Å². The summed E-state index contributed by atoms with van der Waals surface area (Å²) in [5.74, 6) is 1.15. The van der Waals surface area contributed by atoms with Gasteiger partial charge in [0.15, 0.2) is 0 Å². The molecule has 2 aromatic heterocycles. The number of hydrogen-bond donors (Lipinski definition) is 2. The van der Waals surface area contributed by atoms with Crippen LogP contribution in [-0.4, -0.2) is 51.5 Å². The number of carbonyl (C=O) groups is 1. The Balaban J connectivity index is 1.77. The van der Waals surface area contributed by atoms with Gasteiger partial charge in [-0.05, 0) is 12.0 Å². The fourth-order valence-corrected chi connectivity index (χ4v) is 2.49. The summed E-state index contributed by atoms with van der Waals surface area (Å²) in [5.41, 5.74) is 0.872. The van der Waals surface area contributed by atoms with E-state index in [4.69, 9.17) is 4.74 Å². The van der Waals surface area contributed by atoms with Crippen LogP contribution in [0.1, 0.15) is 31.9 Å². The Morgan fingerprint density at radius 2 is 2.25 bits per heavy atom. The first-order valence-electron chi connectivity index (χ1n) is 8.12. The Hall–Kier alpha value is -2.32. The molecule has 0 saturated carbocycles. The molecule has 1 aliphatic rings. The van der Waals surface area contributed by atoms with Crippen LogP contribution in [-0.2, 0) is 9.53 Å². The summed E-state index contributed by atoms with van der Waals surface area (Å²) in [6, 6.07) is 3.64. The second-order valence-corrected chi connectivity index (χ2v) is 6.05. The number of anilines is 1. The number of nitrogens with zero attached hydrogens (tertiary/aromatic N) is 4. The normalized spacial score (nSPS) is 17.9. The Labute approximate surface area is 140 Å². The smallest absolute Gasteiger partial charge is 0.252 e. The summed E-state index contributed by atoms with van der Waals surface area (Å²) >= 11 is 0. The number of morpholine rings is 1. The van der Waals surface area contributed by atoms with E-state index in [0.29, 0.717) is 31.4 Å². The van der Waals surface area contributed by atoms with E-state index in [2.05, 4.69) is 25.7 Å². The summed E-state index contributed by atoms with van der Waals surface area (Å²) < 4.78 is 6.95. The lowest BCUT2D eigenvalue weighted by atomic mass is 10.1. The lowest BCUT2D eigenvalue weighted by Crippen LogP contribution is -2.43. The van der Waals surface area contributed by atoms with E-state index in [9.17, 15) is 4.79 Å². The number of aromatic nitrogens is 4. The molecule has 3 heterocycles. The molecule has 24 heavy (non-hydrogen) atoms. The highest BCUT2D eigenvalue weighted by Gasteiger charge is 2.20. The average Bonchev–Trinajstić information content (AvgIpc) is 3.00. The molecule has 3 rings (SSSR count). The zero-order valence-electron chi connectivity index (χ0n) is 13.9. The first-order chi connectivity index (χ1) is 11.6. The minimum Gasteiger partial charge on any atom is -0.378 e. The van der Waals surface area contributed by atoms with Crippen molar-refractivity contribution in [3.63, 3.8) is 0 Å². The van der Waals surface area contributed by atoms with Crippen molar-refractivity contribution in [2.75, 3.05) is 25.1 Å². The maximum absolute atomic E-state index is 12.4. The number of hydrogen-bond acceptors (Lipinski definition) is 6. The van der Waals surface area contributed by atoms with Gasteiger partial charge in [0.05, 0.1) is 18.9 Å². The van der Waals surface area contributed by atoms with Gasteiger partial charge in [0, 0.05) is 37.5 Å². The molecule has 0 bridgehead atoms. The van der Waals surface area contributed by atoms with Gasteiger partial charge in [-0.3, -0.25) is 4.79 Å². The quantitative estimate of drug-likeness (QED) is 0.853. The molecule has 8 nitrogen and oxygen atoms in total. The highest BCUT2D eigenvalue weighted by Crippen LogP contribution is 2.20. The molecule has 1 fully saturated rings. The van der Waals surface area contributed by atoms with Crippen molar-refractivity contribution in [1.82, 2.24) is 25.1 Å². The molecule has 0 spiro atoms. The highest BCUT2D eigenvalue weighted by atomic mass is 16.5. The number of nitrogens with one attached hydrogen (secondary N) is 2. The standard InChI is InChI=1S/C16H22N6O2/c1-11(2)13-9-14(22(21-13)16-18-4-3-5-19-16)20-15(23)8-12-10-24-7-6-17-12/h3-5,9,11-12,17H,6-8,10H2,1-2H3,(H,20,23). The minimum absolute atomic E-state index is 0.0349. The zero-order valence-corrected chi connectivity index (χ0v) is 13.9. The molecule has 1 saturated heterocycles. The maximum Gasteiger partial charge on any atom is 0.252 e. The van der Waals surface area contributed by atoms with Crippen molar-refractivity contribution < 1.29 is 9.53 Å². The van der Waals surface area contributed by atoms with Gasteiger partial charge < -0.3 is 15.4 Å². The van der Waals surface area contributed by atoms with Crippen molar-refractivity contribution in [2.24, 2.45) is 0 Å². The molecular weight excluding hydrogens is 308 g/mol. The zero-order chi connectivity index (χ0) is 16.9. The van der Waals surface area contributed by atoms with Crippen LogP contribution in [0.2, 0.25) is 0 Å². The number of rotatable bonds is 5. The van der Waals surface area contributed by atoms with E-state index < -0.39 is 0 Å². The topological polar surface area (TPSA) is 94.0 Å². The predicted molar refractivity (Wildman–Crippen MR) is 89.1 cm³/mol.